The van der Waals surface area contributed by atoms with E-state index in [0.29, 0.717) is 0 Å². The molecule has 1 aromatic heterocycles. The van der Waals surface area contributed by atoms with Gasteiger partial charge in [0.15, 0.2) is 9.84 Å². The van der Waals surface area contributed by atoms with Crippen molar-refractivity contribution in [1.29, 1.82) is 0 Å². The molecule has 1 aromatic rings. The Hall–Kier alpha value is -0.970. The first-order valence-electron chi connectivity index (χ1n) is 6.11. The minimum Gasteiger partial charge on any atom is -0.465 e. The Kier molecular flexibility index (Phi) is 4.43. The summed E-state index contributed by atoms with van der Waals surface area (Å²) < 4.78 is 53.8. The number of hydrogen-bond acceptors (Lipinski definition) is 7. The Morgan fingerprint density at radius 1 is 1.38 bits per heavy atom. The van der Waals surface area contributed by atoms with Crippen LogP contribution in [0.4, 0.5) is 0 Å². The third-order valence-electron chi connectivity index (χ3n) is 3.34. The number of thiophene rings is 1. The number of esters is 1. The molecule has 2 rings (SSSR count). The summed E-state index contributed by atoms with van der Waals surface area (Å²) >= 11 is 0.973. The lowest BCUT2D eigenvalue weighted by atomic mass is 10.3. The van der Waals surface area contributed by atoms with Crippen LogP contribution in [0.3, 0.4) is 0 Å². The zero-order valence-electron chi connectivity index (χ0n) is 11.5. The highest BCUT2D eigenvalue weighted by Crippen LogP contribution is 2.30. The fourth-order valence-electron chi connectivity index (χ4n) is 1.94. The molecule has 1 fully saturated rings. The molecule has 0 bridgehead atoms. The minimum absolute atomic E-state index is 0.000649. The molecule has 118 valence electrons. The van der Waals surface area contributed by atoms with E-state index in [0.717, 1.165) is 15.6 Å². The van der Waals surface area contributed by atoms with Crippen LogP contribution in [-0.4, -0.2) is 58.3 Å². The summed E-state index contributed by atoms with van der Waals surface area (Å²) in [5.74, 6) is -0.737. The van der Waals surface area contributed by atoms with Crippen molar-refractivity contribution < 1.29 is 26.4 Å². The lowest BCUT2D eigenvalue weighted by Crippen LogP contribution is -2.57. The van der Waals surface area contributed by atoms with Gasteiger partial charge in [-0.3, -0.25) is 0 Å². The van der Waals surface area contributed by atoms with E-state index in [1.165, 1.54) is 25.5 Å². The zero-order chi connectivity index (χ0) is 15.8. The Morgan fingerprint density at radius 2 is 2.00 bits per heavy atom. The largest absolute Gasteiger partial charge is 0.465 e. The summed E-state index contributed by atoms with van der Waals surface area (Å²) in [5, 5.41) is 0.816. The Balaban J connectivity index is 2.23. The van der Waals surface area contributed by atoms with E-state index in [-0.39, 0.29) is 28.6 Å². The number of carbonyl (C=O) groups excluding carboxylic acids is 1. The third-order valence-corrected chi connectivity index (χ3v) is 8.36. The fraction of sp³-hybridized carbons (Fsp3) is 0.545. The average Bonchev–Trinajstić information content (AvgIpc) is 2.85. The number of nitrogens with zero attached hydrogens (tertiary/aromatic N) is 1. The van der Waals surface area contributed by atoms with Crippen LogP contribution >= 0.6 is 11.3 Å². The monoisotopic (exact) mass is 353 g/mol. The SMILES string of the molecule is CCS(=O)(=O)C1CN(S(=O)(=O)c2ccsc2C(=O)OC)C1. The lowest BCUT2D eigenvalue weighted by Gasteiger charge is -2.37. The highest BCUT2D eigenvalue weighted by molar-refractivity contribution is 7.92. The van der Waals surface area contributed by atoms with Gasteiger partial charge in [0.2, 0.25) is 10.0 Å². The topological polar surface area (TPSA) is 97.8 Å². The molecule has 1 saturated heterocycles. The zero-order valence-corrected chi connectivity index (χ0v) is 13.9. The van der Waals surface area contributed by atoms with E-state index >= 15 is 0 Å². The molecule has 1 aliphatic rings. The molecule has 21 heavy (non-hydrogen) atoms. The molecular weight excluding hydrogens is 338 g/mol. The van der Waals surface area contributed by atoms with Gasteiger partial charge in [-0.25, -0.2) is 21.6 Å². The van der Waals surface area contributed by atoms with Gasteiger partial charge in [-0.1, -0.05) is 6.92 Å². The molecule has 0 aliphatic carbocycles. The van der Waals surface area contributed by atoms with Crippen LogP contribution in [0.2, 0.25) is 0 Å². The molecule has 0 unspecified atom stereocenters. The summed E-state index contributed by atoms with van der Waals surface area (Å²) in [6.07, 6.45) is 0. The number of rotatable bonds is 5. The lowest BCUT2D eigenvalue weighted by molar-refractivity contribution is 0.0602. The standard InChI is InChI=1S/C11H15NO6S3/c1-3-20(14,15)8-6-12(7-8)21(16,17)9-4-5-19-10(9)11(13)18-2/h4-5,8H,3,6-7H2,1-2H3. The van der Waals surface area contributed by atoms with Crippen molar-refractivity contribution in [3.8, 4) is 0 Å². The number of sulfonamides is 1. The van der Waals surface area contributed by atoms with E-state index < -0.39 is 31.1 Å². The quantitative estimate of drug-likeness (QED) is 0.708. The van der Waals surface area contributed by atoms with Gasteiger partial charge in [-0.15, -0.1) is 11.3 Å². The van der Waals surface area contributed by atoms with Crippen molar-refractivity contribution in [3.05, 3.63) is 16.3 Å². The molecule has 0 amide bonds. The summed E-state index contributed by atoms with van der Waals surface area (Å²) in [7, 11) is -5.94. The molecular formula is C11H15NO6S3. The van der Waals surface area contributed by atoms with Gasteiger partial charge in [-0.2, -0.15) is 4.31 Å². The second kappa shape index (κ2) is 5.67. The first-order valence-corrected chi connectivity index (χ1v) is 10.1. The summed E-state index contributed by atoms with van der Waals surface area (Å²) in [4.78, 5) is 11.4. The second-order valence-corrected chi connectivity index (χ2v) is 9.89. The predicted molar refractivity (Wildman–Crippen MR) is 77.7 cm³/mol. The smallest absolute Gasteiger partial charge is 0.349 e. The van der Waals surface area contributed by atoms with Crippen LogP contribution in [0.25, 0.3) is 0 Å². The molecule has 2 heterocycles. The first-order chi connectivity index (χ1) is 9.74. The molecule has 0 atom stereocenters. The molecule has 0 aromatic carbocycles. The molecule has 1 aliphatic heterocycles. The first kappa shape index (κ1) is 16.4. The number of hydrogen-bond donors (Lipinski definition) is 0. The van der Waals surface area contributed by atoms with Gasteiger partial charge in [0.1, 0.15) is 9.77 Å². The van der Waals surface area contributed by atoms with Gasteiger partial charge in [0, 0.05) is 18.8 Å². The maximum Gasteiger partial charge on any atom is 0.349 e. The van der Waals surface area contributed by atoms with Gasteiger partial charge >= 0.3 is 5.97 Å². The summed E-state index contributed by atoms with van der Waals surface area (Å²) in [6.45, 7) is 1.38. The van der Waals surface area contributed by atoms with Crippen molar-refractivity contribution >= 4 is 37.2 Å². The van der Waals surface area contributed by atoms with Crippen molar-refractivity contribution in [2.75, 3.05) is 26.0 Å². The van der Waals surface area contributed by atoms with Crippen LogP contribution in [0.1, 0.15) is 16.6 Å². The van der Waals surface area contributed by atoms with Crippen LogP contribution in [-0.2, 0) is 24.6 Å². The van der Waals surface area contributed by atoms with Crippen molar-refractivity contribution in [2.24, 2.45) is 0 Å². The van der Waals surface area contributed by atoms with Crippen LogP contribution in [0, 0.1) is 0 Å². The summed E-state index contributed by atoms with van der Waals surface area (Å²) in [5.41, 5.74) is 0. The van der Waals surface area contributed by atoms with Crippen LogP contribution in [0.5, 0.6) is 0 Å². The van der Waals surface area contributed by atoms with Crippen LogP contribution < -0.4 is 0 Å². The van der Waals surface area contributed by atoms with Gasteiger partial charge < -0.3 is 4.74 Å². The Bertz CT molecular complexity index is 743. The van der Waals surface area contributed by atoms with Crippen molar-refractivity contribution in [3.63, 3.8) is 0 Å². The highest BCUT2D eigenvalue weighted by Gasteiger charge is 2.44. The number of methoxy groups -OCH3 is 1. The average molecular weight is 353 g/mol. The van der Waals surface area contributed by atoms with E-state index in [9.17, 15) is 21.6 Å². The molecule has 0 spiro atoms. The Morgan fingerprint density at radius 3 is 2.52 bits per heavy atom. The number of ether oxygens (including phenoxy) is 1. The summed E-state index contributed by atoms with van der Waals surface area (Å²) in [6, 6.07) is 1.33. The molecule has 7 nitrogen and oxygen atoms in total. The maximum atomic E-state index is 12.4. The van der Waals surface area contributed by atoms with E-state index in [4.69, 9.17) is 0 Å². The maximum absolute atomic E-state index is 12.4. The van der Waals surface area contributed by atoms with Crippen molar-refractivity contribution in [1.82, 2.24) is 4.31 Å². The van der Waals surface area contributed by atoms with E-state index in [1.54, 1.807) is 0 Å². The second-order valence-electron chi connectivity index (χ2n) is 4.50. The van der Waals surface area contributed by atoms with Gasteiger partial charge in [-0.05, 0) is 11.4 Å². The minimum atomic E-state index is -3.87. The normalized spacial score (nSPS) is 17.4. The van der Waals surface area contributed by atoms with Crippen LogP contribution in [0.15, 0.2) is 16.3 Å². The van der Waals surface area contributed by atoms with E-state index in [2.05, 4.69) is 4.74 Å². The highest BCUT2D eigenvalue weighted by atomic mass is 32.2. The molecule has 10 heteroatoms. The third kappa shape index (κ3) is 2.85. The Labute approximate surface area is 127 Å². The van der Waals surface area contributed by atoms with E-state index in [1.807, 2.05) is 0 Å². The molecule has 0 N–H and O–H groups in total. The number of carbonyl (C=O) groups is 1. The van der Waals surface area contributed by atoms with Crippen molar-refractivity contribution in [2.45, 2.75) is 17.1 Å². The predicted octanol–water partition coefficient (Wildman–Crippen LogP) is 0.342. The molecule has 0 saturated carbocycles. The molecule has 0 radical (unpaired) electrons. The fourth-order valence-corrected chi connectivity index (χ4v) is 6.25. The van der Waals surface area contributed by atoms with Gasteiger partial charge in [0.25, 0.3) is 0 Å². The number of sulfone groups is 1. The van der Waals surface area contributed by atoms with Gasteiger partial charge in [0.05, 0.1) is 12.4 Å².